The summed E-state index contributed by atoms with van der Waals surface area (Å²) < 4.78 is 2.10. The molecule has 76 valence electrons. The number of aryl methyl sites for hydroxylation is 1. The van der Waals surface area contributed by atoms with E-state index in [1.165, 1.54) is 12.8 Å². The van der Waals surface area contributed by atoms with Gasteiger partial charge in [-0.05, 0) is 6.42 Å². The summed E-state index contributed by atoms with van der Waals surface area (Å²) in [5.74, 6) is 0. The summed E-state index contributed by atoms with van der Waals surface area (Å²) in [6.45, 7) is 3.30. The maximum absolute atomic E-state index is 3.94. The van der Waals surface area contributed by atoms with Crippen LogP contribution in [0, 0.1) is 0 Å². The predicted octanol–water partition coefficient (Wildman–Crippen LogP) is 2.09. The van der Waals surface area contributed by atoms with Crippen molar-refractivity contribution < 1.29 is 0 Å². The number of hydrogen-bond acceptors (Lipinski definition) is 2. The molecule has 0 fully saturated rings. The first-order chi connectivity index (χ1) is 6.93. The van der Waals surface area contributed by atoms with Crippen molar-refractivity contribution >= 4 is 0 Å². The topological polar surface area (TPSA) is 46.5 Å². The summed E-state index contributed by atoms with van der Waals surface area (Å²) in [6.07, 6.45) is 13.2. The molecule has 4 heteroatoms. The van der Waals surface area contributed by atoms with Gasteiger partial charge in [-0.2, -0.15) is 0 Å². The van der Waals surface area contributed by atoms with Gasteiger partial charge in [0.25, 0.3) is 0 Å². The molecule has 2 aromatic rings. The molecule has 1 N–H and O–H groups in total. The number of rotatable bonds is 3. The second-order valence-electron chi connectivity index (χ2n) is 2.91. The smallest absolute Gasteiger partial charge is 0.0945 e. The van der Waals surface area contributed by atoms with E-state index in [9.17, 15) is 0 Å². The van der Waals surface area contributed by atoms with Crippen molar-refractivity contribution in [3.05, 3.63) is 37.4 Å². The van der Waals surface area contributed by atoms with E-state index >= 15 is 0 Å². The summed E-state index contributed by atoms with van der Waals surface area (Å²) in [7, 11) is 0. The molecule has 0 aromatic carbocycles. The van der Waals surface area contributed by atoms with E-state index in [4.69, 9.17) is 0 Å². The molecule has 0 unspecified atom stereocenters. The van der Waals surface area contributed by atoms with Gasteiger partial charge in [-0.1, -0.05) is 13.3 Å². The Bertz CT molecular complexity index is 269. The molecule has 2 aromatic heterocycles. The Hall–Kier alpha value is -1.58. The molecule has 4 nitrogen and oxygen atoms in total. The van der Waals surface area contributed by atoms with E-state index in [-0.39, 0.29) is 0 Å². The Labute approximate surface area is 84.0 Å². The molecule has 0 bridgehead atoms. The third kappa shape index (κ3) is 4.45. The molecule has 0 aliphatic heterocycles. The van der Waals surface area contributed by atoms with Crippen LogP contribution in [0.1, 0.15) is 19.8 Å². The number of nitrogens with zero attached hydrogens (tertiary/aromatic N) is 3. The molecule has 14 heavy (non-hydrogen) atoms. The highest BCUT2D eigenvalue weighted by Gasteiger charge is 1.85. The van der Waals surface area contributed by atoms with Crippen molar-refractivity contribution in [1.29, 1.82) is 0 Å². The molecule has 0 saturated carbocycles. The zero-order valence-corrected chi connectivity index (χ0v) is 8.43. The van der Waals surface area contributed by atoms with Crippen LogP contribution in [0.2, 0.25) is 0 Å². The van der Waals surface area contributed by atoms with Gasteiger partial charge in [0.15, 0.2) is 0 Å². The molecular weight excluding hydrogens is 176 g/mol. The Kier molecular flexibility index (Phi) is 5.16. The van der Waals surface area contributed by atoms with E-state index in [2.05, 4.69) is 26.4 Å². The number of hydrogen-bond donors (Lipinski definition) is 1. The Morgan fingerprint density at radius 1 is 1.29 bits per heavy atom. The molecule has 0 aliphatic rings. The number of aromatic nitrogens is 4. The minimum Gasteiger partial charge on any atom is -0.351 e. The Balaban J connectivity index is 0.000000165. The fourth-order valence-corrected chi connectivity index (χ4v) is 0.975. The molecule has 0 atom stereocenters. The van der Waals surface area contributed by atoms with Gasteiger partial charge in [-0.25, -0.2) is 9.97 Å². The lowest BCUT2D eigenvalue weighted by Gasteiger charge is -1.96. The van der Waals surface area contributed by atoms with Gasteiger partial charge in [0, 0.05) is 31.3 Å². The van der Waals surface area contributed by atoms with Crippen LogP contribution in [0.3, 0.4) is 0 Å². The monoisotopic (exact) mass is 192 g/mol. The minimum absolute atomic E-state index is 1.11. The van der Waals surface area contributed by atoms with Crippen LogP contribution in [0.4, 0.5) is 0 Å². The quantitative estimate of drug-likeness (QED) is 0.809. The second kappa shape index (κ2) is 6.88. The van der Waals surface area contributed by atoms with Crippen molar-refractivity contribution in [3.63, 3.8) is 0 Å². The molecule has 2 rings (SSSR count). The molecule has 0 saturated heterocycles. The maximum Gasteiger partial charge on any atom is 0.0945 e. The van der Waals surface area contributed by atoms with Crippen molar-refractivity contribution in [1.82, 2.24) is 19.5 Å². The fourth-order valence-electron chi connectivity index (χ4n) is 0.975. The van der Waals surface area contributed by atoms with Gasteiger partial charge in [0.05, 0.1) is 12.7 Å². The first-order valence-electron chi connectivity index (χ1n) is 4.82. The molecule has 0 aliphatic carbocycles. The van der Waals surface area contributed by atoms with Crippen LogP contribution in [0.25, 0.3) is 0 Å². The lowest BCUT2D eigenvalue weighted by Crippen LogP contribution is -1.92. The van der Waals surface area contributed by atoms with E-state index in [1.54, 1.807) is 18.7 Å². The minimum atomic E-state index is 1.11. The lowest BCUT2D eigenvalue weighted by atomic mass is 10.3. The lowest BCUT2D eigenvalue weighted by molar-refractivity contribution is 0.631. The second-order valence-corrected chi connectivity index (χ2v) is 2.91. The summed E-state index contributed by atoms with van der Waals surface area (Å²) in [5.41, 5.74) is 0. The van der Waals surface area contributed by atoms with Crippen LogP contribution in [-0.2, 0) is 6.54 Å². The number of unbranched alkanes of at least 4 members (excludes halogenated alkanes) is 1. The number of imidazole rings is 2. The number of aromatic amines is 1. The van der Waals surface area contributed by atoms with Crippen molar-refractivity contribution in [2.75, 3.05) is 0 Å². The van der Waals surface area contributed by atoms with Gasteiger partial charge >= 0.3 is 0 Å². The first-order valence-corrected chi connectivity index (χ1v) is 4.82. The molecule has 0 amide bonds. The van der Waals surface area contributed by atoms with Crippen LogP contribution < -0.4 is 0 Å². The Morgan fingerprint density at radius 3 is 2.64 bits per heavy atom. The summed E-state index contributed by atoms with van der Waals surface area (Å²) in [5, 5.41) is 0. The highest BCUT2D eigenvalue weighted by Crippen LogP contribution is 1.92. The third-order valence-electron chi connectivity index (χ3n) is 1.73. The van der Waals surface area contributed by atoms with Crippen LogP contribution >= 0.6 is 0 Å². The van der Waals surface area contributed by atoms with Crippen molar-refractivity contribution in [2.45, 2.75) is 26.3 Å². The zero-order valence-electron chi connectivity index (χ0n) is 8.43. The standard InChI is InChI=1S/C7H12N2.C3H4N2/c1-2-3-5-9-6-4-8-7-9;1-2-5-3-4-1/h4,6-7H,2-3,5H2,1H3;1-3H,(H,4,5). The summed E-state index contributed by atoms with van der Waals surface area (Å²) in [6, 6.07) is 0. The maximum atomic E-state index is 3.94. The molecule has 0 radical (unpaired) electrons. The normalized spacial score (nSPS) is 9.21. The van der Waals surface area contributed by atoms with Gasteiger partial charge in [0.2, 0.25) is 0 Å². The van der Waals surface area contributed by atoms with Crippen molar-refractivity contribution in [3.8, 4) is 0 Å². The van der Waals surface area contributed by atoms with E-state index in [1.807, 2.05) is 18.7 Å². The summed E-state index contributed by atoms with van der Waals surface area (Å²) in [4.78, 5) is 10.4. The van der Waals surface area contributed by atoms with Crippen molar-refractivity contribution in [2.24, 2.45) is 0 Å². The van der Waals surface area contributed by atoms with Crippen LogP contribution in [-0.4, -0.2) is 19.5 Å². The van der Waals surface area contributed by atoms with E-state index < -0.39 is 0 Å². The van der Waals surface area contributed by atoms with Crippen LogP contribution in [0.5, 0.6) is 0 Å². The van der Waals surface area contributed by atoms with E-state index in [0.717, 1.165) is 6.54 Å². The average molecular weight is 192 g/mol. The number of nitrogens with one attached hydrogen (secondary N) is 1. The third-order valence-corrected chi connectivity index (χ3v) is 1.73. The largest absolute Gasteiger partial charge is 0.351 e. The Morgan fingerprint density at radius 2 is 2.21 bits per heavy atom. The van der Waals surface area contributed by atoms with Gasteiger partial charge in [-0.15, -0.1) is 0 Å². The molecular formula is C10H16N4. The van der Waals surface area contributed by atoms with Gasteiger partial charge in [0.1, 0.15) is 0 Å². The van der Waals surface area contributed by atoms with Gasteiger partial charge in [-0.3, -0.25) is 0 Å². The molecule has 2 heterocycles. The van der Waals surface area contributed by atoms with E-state index in [0.29, 0.717) is 0 Å². The highest BCUT2D eigenvalue weighted by molar-refractivity contribution is 4.73. The van der Waals surface area contributed by atoms with Gasteiger partial charge < -0.3 is 9.55 Å². The number of H-pyrrole nitrogens is 1. The first kappa shape index (κ1) is 10.5. The average Bonchev–Trinajstić information content (AvgIpc) is 2.90. The fraction of sp³-hybridized carbons (Fsp3) is 0.400. The zero-order chi connectivity index (χ0) is 10.1. The predicted molar refractivity (Wildman–Crippen MR) is 55.7 cm³/mol. The highest BCUT2D eigenvalue weighted by atomic mass is 15.0. The molecule has 0 spiro atoms. The SMILES string of the molecule is CCCCn1ccnc1.c1c[nH]cn1. The van der Waals surface area contributed by atoms with Crippen LogP contribution in [0.15, 0.2) is 37.4 Å². The summed E-state index contributed by atoms with van der Waals surface area (Å²) >= 11 is 0.